The Hall–Kier alpha value is -3.36. The van der Waals surface area contributed by atoms with E-state index in [9.17, 15) is 27.6 Å². The van der Waals surface area contributed by atoms with Crippen molar-refractivity contribution in [1.82, 2.24) is 10.2 Å². The van der Waals surface area contributed by atoms with Gasteiger partial charge < -0.3 is 10.6 Å². The van der Waals surface area contributed by atoms with Crippen LogP contribution in [-0.4, -0.2) is 29.3 Å². The lowest BCUT2D eigenvalue weighted by atomic mass is 9.76. The molecule has 0 unspecified atom stereocenters. The molecule has 1 spiro atoms. The molecule has 0 aromatic heterocycles. The van der Waals surface area contributed by atoms with E-state index in [1.165, 1.54) is 0 Å². The molecule has 1 aliphatic carbocycles. The van der Waals surface area contributed by atoms with Crippen molar-refractivity contribution in [2.45, 2.75) is 24.8 Å². The number of aryl methyl sites for hydroxylation is 1. The van der Waals surface area contributed by atoms with Gasteiger partial charge in [-0.15, -0.1) is 0 Å². The van der Waals surface area contributed by atoms with E-state index >= 15 is 0 Å². The second kappa shape index (κ2) is 6.91. The number of amides is 4. The molecule has 0 radical (unpaired) electrons. The number of anilines is 1. The van der Waals surface area contributed by atoms with Gasteiger partial charge in [0.25, 0.3) is 5.91 Å². The molecule has 1 fully saturated rings. The van der Waals surface area contributed by atoms with E-state index in [1.54, 1.807) is 12.1 Å². The summed E-state index contributed by atoms with van der Waals surface area (Å²) in [6.45, 7) is -0.687. The second-order valence-electron chi connectivity index (χ2n) is 7.01. The molecule has 0 bridgehead atoms. The molecule has 6 nitrogen and oxygen atoms in total. The van der Waals surface area contributed by atoms with Crippen molar-refractivity contribution >= 4 is 23.5 Å². The monoisotopic (exact) mass is 403 g/mol. The lowest BCUT2D eigenvalue weighted by Crippen LogP contribution is -2.47. The van der Waals surface area contributed by atoms with E-state index in [1.807, 2.05) is 12.1 Å². The summed E-state index contributed by atoms with van der Waals surface area (Å²) in [5.41, 5.74) is -0.181. The van der Waals surface area contributed by atoms with Crippen LogP contribution >= 0.6 is 0 Å². The third-order valence-electron chi connectivity index (χ3n) is 5.26. The first-order chi connectivity index (χ1) is 13.8. The highest BCUT2D eigenvalue weighted by Gasteiger charge is 2.54. The summed E-state index contributed by atoms with van der Waals surface area (Å²) in [6.07, 6.45) is 1.85. The van der Waals surface area contributed by atoms with Crippen molar-refractivity contribution in [3.63, 3.8) is 0 Å². The minimum Gasteiger partial charge on any atom is -0.322 e. The largest absolute Gasteiger partial charge is 0.325 e. The fraction of sp³-hybridized carbons (Fsp3) is 0.250. The maximum atomic E-state index is 13.8. The topological polar surface area (TPSA) is 78.5 Å². The number of urea groups is 1. The van der Waals surface area contributed by atoms with Crippen LogP contribution in [0, 0.1) is 17.5 Å². The average molecular weight is 403 g/mol. The van der Waals surface area contributed by atoms with Crippen LogP contribution in [0.3, 0.4) is 0 Å². The summed E-state index contributed by atoms with van der Waals surface area (Å²) in [7, 11) is 0. The third kappa shape index (κ3) is 3.02. The minimum absolute atomic E-state index is 0.393. The van der Waals surface area contributed by atoms with E-state index in [4.69, 9.17) is 0 Å². The van der Waals surface area contributed by atoms with E-state index in [-0.39, 0.29) is 0 Å². The van der Waals surface area contributed by atoms with Gasteiger partial charge in [0.15, 0.2) is 17.5 Å². The van der Waals surface area contributed by atoms with Crippen molar-refractivity contribution in [2.75, 3.05) is 11.9 Å². The smallest absolute Gasteiger partial charge is 0.322 e. The molecule has 1 atom stereocenters. The number of carbonyl (C=O) groups is 3. The number of imide groups is 1. The molecule has 1 saturated heterocycles. The quantitative estimate of drug-likeness (QED) is 0.611. The Morgan fingerprint density at radius 3 is 2.66 bits per heavy atom. The molecule has 29 heavy (non-hydrogen) atoms. The van der Waals surface area contributed by atoms with Gasteiger partial charge in [-0.05, 0) is 42.5 Å². The van der Waals surface area contributed by atoms with Gasteiger partial charge in [0, 0.05) is 0 Å². The van der Waals surface area contributed by atoms with E-state index in [0.717, 1.165) is 23.0 Å². The highest BCUT2D eigenvalue weighted by atomic mass is 19.2. The third-order valence-corrected chi connectivity index (χ3v) is 5.26. The number of carbonyl (C=O) groups excluding carboxylic acids is 3. The fourth-order valence-corrected chi connectivity index (χ4v) is 3.91. The summed E-state index contributed by atoms with van der Waals surface area (Å²) >= 11 is 0. The van der Waals surface area contributed by atoms with E-state index in [0.29, 0.717) is 24.5 Å². The van der Waals surface area contributed by atoms with Crippen LogP contribution in [0.25, 0.3) is 0 Å². The van der Waals surface area contributed by atoms with E-state index in [2.05, 4.69) is 10.6 Å². The molecule has 150 valence electrons. The van der Waals surface area contributed by atoms with Crippen molar-refractivity contribution < 1.29 is 27.6 Å². The second-order valence-corrected chi connectivity index (χ2v) is 7.01. The first-order valence-corrected chi connectivity index (χ1v) is 8.99. The van der Waals surface area contributed by atoms with Crippen molar-refractivity contribution in [3.8, 4) is 0 Å². The van der Waals surface area contributed by atoms with Gasteiger partial charge in [-0.2, -0.15) is 0 Å². The zero-order chi connectivity index (χ0) is 20.8. The molecule has 2 aromatic rings. The first kappa shape index (κ1) is 19.0. The molecule has 4 amide bonds. The van der Waals surface area contributed by atoms with Gasteiger partial charge in [0.1, 0.15) is 12.1 Å². The molecule has 2 N–H and O–H groups in total. The molecule has 2 aliphatic rings. The highest BCUT2D eigenvalue weighted by molar-refractivity contribution is 6.10. The Morgan fingerprint density at radius 1 is 1.10 bits per heavy atom. The average Bonchev–Trinajstić information content (AvgIpc) is 2.93. The zero-order valence-electron chi connectivity index (χ0n) is 15.1. The van der Waals surface area contributed by atoms with Gasteiger partial charge >= 0.3 is 6.03 Å². The van der Waals surface area contributed by atoms with Crippen molar-refractivity contribution in [1.29, 1.82) is 0 Å². The normalized spacial score (nSPS) is 20.6. The standard InChI is InChI=1S/C20H16F3N3O3/c21-13-7-8-14(17(23)16(13)22)24-15(27)10-26-18(28)20(25-19(26)29)9-3-5-11-4-1-2-6-12(11)20/h1-2,4,6-8H,3,5,9-10H2,(H,24,27)(H,25,29)/t20-/m1/s1. The number of hydrogen-bond acceptors (Lipinski definition) is 3. The minimum atomic E-state index is -1.73. The number of halogens is 3. The van der Waals surface area contributed by atoms with Gasteiger partial charge in [0.05, 0.1) is 5.69 Å². The summed E-state index contributed by atoms with van der Waals surface area (Å²) in [5, 5.41) is 4.76. The van der Waals surface area contributed by atoms with Crippen LogP contribution in [0.15, 0.2) is 36.4 Å². The number of benzene rings is 2. The van der Waals surface area contributed by atoms with Gasteiger partial charge in [-0.1, -0.05) is 24.3 Å². The summed E-state index contributed by atoms with van der Waals surface area (Å²) < 4.78 is 40.1. The van der Waals surface area contributed by atoms with Gasteiger partial charge in [0.2, 0.25) is 5.91 Å². The first-order valence-electron chi connectivity index (χ1n) is 8.99. The Morgan fingerprint density at radius 2 is 1.86 bits per heavy atom. The lowest BCUT2D eigenvalue weighted by molar-refractivity contribution is -0.134. The van der Waals surface area contributed by atoms with Crippen LogP contribution in [-0.2, 0) is 21.5 Å². The molecular formula is C20H16F3N3O3. The Balaban J connectivity index is 1.55. The van der Waals surface area contributed by atoms with Crippen LogP contribution in [0.5, 0.6) is 0 Å². The predicted molar refractivity (Wildman–Crippen MR) is 96.2 cm³/mol. The predicted octanol–water partition coefficient (Wildman–Crippen LogP) is 2.83. The zero-order valence-corrected chi connectivity index (χ0v) is 15.1. The van der Waals surface area contributed by atoms with Gasteiger partial charge in [-0.25, -0.2) is 18.0 Å². The van der Waals surface area contributed by atoms with Crippen molar-refractivity contribution in [2.24, 2.45) is 0 Å². The molecular weight excluding hydrogens is 387 g/mol. The molecule has 1 aliphatic heterocycles. The summed E-state index contributed by atoms with van der Waals surface area (Å²) in [5.74, 6) is -6.17. The summed E-state index contributed by atoms with van der Waals surface area (Å²) in [6, 6.07) is 8.05. The molecule has 9 heteroatoms. The molecule has 4 rings (SSSR count). The lowest BCUT2D eigenvalue weighted by Gasteiger charge is -2.33. The van der Waals surface area contributed by atoms with E-state index < -0.39 is 53.1 Å². The maximum Gasteiger partial charge on any atom is 0.325 e. The van der Waals surface area contributed by atoms with Gasteiger partial charge in [-0.3, -0.25) is 14.5 Å². The Kier molecular flexibility index (Phi) is 4.52. The molecule has 2 aromatic carbocycles. The Labute approximate surface area is 163 Å². The Bertz CT molecular complexity index is 1040. The number of nitrogens with one attached hydrogen (secondary N) is 2. The van der Waals surface area contributed by atoms with Crippen LogP contribution in [0.1, 0.15) is 24.0 Å². The maximum absolute atomic E-state index is 13.8. The summed E-state index contributed by atoms with van der Waals surface area (Å²) in [4.78, 5) is 38.5. The number of rotatable bonds is 3. The van der Waals surface area contributed by atoms with Crippen LogP contribution in [0.4, 0.5) is 23.7 Å². The number of fused-ring (bicyclic) bond motifs is 2. The molecule has 1 heterocycles. The number of hydrogen-bond donors (Lipinski definition) is 2. The molecule has 0 saturated carbocycles. The number of nitrogens with zero attached hydrogens (tertiary/aromatic N) is 1. The van der Waals surface area contributed by atoms with Crippen LogP contribution in [0.2, 0.25) is 0 Å². The SMILES string of the molecule is O=C(CN1C(=O)N[C@@]2(CCCc3ccccc32)C1=O)Nc1ccc(F)c(F)c1F. The van der Waals surface area contributed by atoms with Crippen LogP contribution < -0.4 is 10.6 Å². The van der Waals surface area contributed by atoms with Crippen molar-refractivity contribution in [3.05, 3.63) is 65.0 Å². The highest BCUT2D eigenvalue weighted by Crippen LogP contribution is 2.39. The fourth-order valence-electron chi connectivity index (χ4n) is 3.91.